The number of aromatic nitrogens is 1. The first-order chi connectivity index (χ1) is 9.13. The Bertz CT molecular complexity index is 377. The van der Waals surface area contributed by atoms with Crippen LogP contribution in [0.3, 0.4) is 0 Å². The van der Waals surface area contributed by atoms with Crippen molar-refractivity contribution < 1.29 is 4.74 Å². The van der Waals surface area contributed by atoms with E-state index in [1.165, 1.54) is 5.56 Å². The zero-order chi connectivity index (χ0) is 13.7. The van der Waals surface area contributed by atoms with E-state index in [9.17, 15) is 0 Å². The van der Waals surface area contributed by atoms with Gasteiger partial charge < -0.3 is 10.1 Å². The summed E-state index contributed by atoms with van der Waals surface area (Å²) in [4.78, 5) is 6.96. The van der Waals surface area contributed by atoms with Crippen molar-refractivity contribution in [3.63, 3.8) is 0 Å². The second kappa shape index (κ2) is 6.98. The van der Waals surface area contributed by atoms with Crippen molar-refractivity contribution in [1.82, 2.24) is 15.2 Å². The highest BCUT2D eigenvalue weighted by atomic mass is 16.5. The van der Waals surface area contributed by atoms with Gasteiger partial charge in [-0.05, 0) is 18.6 Å². The number of hydrogen-bond donors (Lipinski definition) is 1. The molecule has 0 amide bonds. The Morgan fingerprint density at radius 2 is 2.32 bits per heavy atom. The SMILES string of the molecule is CC(C)NCc1ccc(CN2CCOC(C)C2)nc1. The standard InChI is InChI=1S/C15H25N3O/c1-12(2)16-8-14-4-5-15(17-9-14)11-18-6-7-19-13(3)10-18/h4-5,9,12-13,16H,6-8,10-11H2,1-3H3. The molecule has 1 aliphatic heterocycles. The maximum atomic E-state index is 5.55. The van der Waals surface area contributed by atoms with E-state index in [2.05, 4.69) is 48.1 Å². The lowest BCUT2D eigenvalue weighted by Gasteiger charge is -2.30. The first kappa shape index (κ1) is 14.4. The third kappa shape index (κ3) is 4.90. The molecular formula is C15H25N3O. The van der Waals surface area contributed by atoms with Crippen molar-refractivity contribution in [3.05, 3.63) is 29.6 Å². The maximum Gasteiger partial charge on any atom is 0.0674 e. The van der Waals surface area contributed by atoms with Gasteiger partial charge in [0.05, 0.1) is 18.4 Å². The molecule has 19 heavy (non-hydrogen) atoms. The zero-order valence-electron chi connectivity index (χ0n) is 12.2. The molecule has 1 fully saturated rings. The van der Waals surface area contributed by atoms with Crippen LogP contribution in [-0.2, 0) is 17.8 Å². The van der Waals surface area contributed by atoms with Crippen LogP contribution in [0.2, 0.25) is 0 Å². The summed E-state index contributed by atoms with van der Waals surface area (Å²) < 4.78 is 5.55. The lowest BCUT2D eigenvalue weighted by molar-refractivity contribution is -0.0215. The molecule has 0 bridgehead atoms. The molecule has 0 aromatic carbocycles. The molecular weight excluding hydrogens is 238 g/mol. The van der Waals surface area contributed by atoms with E-state index >= 15 is 0 Å². The smallest absolute Gasteiger partial charge is 0.0674 e. The molecule has 4 nitrogen and oxygen atoms in total. The van der Waals surface area contributed by atoms with Crippen molar-refractivity contribution in [1.29, 1.82) is 0 Å². The van der Waals surface area contributed by atoms with E-state index in [0.717, 1.165) is 38.5 Å². The van der Waals surface area contributed by atoms with Gasteiger partial charge >= 0.3 is 0 Å². The van der Waals surface area contributed by atoms with Crippen LogP contribution in [0.5, 0.6) is 0 Å². The number of nitrogens with one attached hydrogen (secondary N) is 1. The molecule has 0 saturated carbocycles. The largest absolute Gasteiger partial charge is 0.376 e. The van der Waals surface area contributed by atoms with Crippen LogP contribution in [0.15, 0.2) is 18.3 Å². The zero-order valence-corrected chi connectivity index (χ0v) is 12.2. The average molecular weight is 263 g/mol. The van der Waals surface area contributed by atoms with Crippen LogP contribution in [0, 0.1) is 0 Å². The van der Waals surface area contributed by atoms with Crippen LogP contribution >= 0.6 is 0 Å². The van der Waals surface area contributed by atoms with Gasteiger partial charge in [0.1, 0.15) is 0 Å². The van der Waals surface area contributed by atoms with Gasteiger partial charge in [-0.15, -0.1) is 0 Å². The first-order valence-corrected chi connectivity index (χ1v) is 7.14. The molecule has 1 unspecified atom stereocenters. The summed E-state index contributed by atoms with van der Waals surface area (Å²) in [5.74, 6) is 0. The lowest BCUT2D eigenvalue weighted by atomic mass is 10.2. The summed E-state index contributed by atoms with van der Waals surface area (Å²) in [5.41, 5.74) is 2.38. The highest BCUT2D eigenvalue weighted by Crippen LogP contribution is 2.09. The molecule has 0 spiro atoms. The van der Waals surface area contributed by atoms with Gasteiger partial charge in [0, 0.05) is 38.4 Å². The fraction of sp³-hybridized carbons (Fsp3) is 0.667. The van der Waals surface area contributed by atoms with Crippen molar-refractivity contribution in [2.24, 2.45) is 0 Å². The van der Waals surface area contributed by atoms with Gasteiger partial charge in [-0.25, -0.2) is 0 Å². The number of hydrogen-bond acceptors (Lipinski definition) is 4. The van der Waals surface area contributed by atoms with E-state index in [1.54, 1.807) is 0 Å². The minimum atomic E-state index is 0.336. The van der Waals surface area contributed by atoms with Gasteiger partial charge in [0.2, 0.25) is 0 Å². The molecule has 4 heteroatoms. The van der Waals surface area contributed by atoms with E-state index in [4.69, 9.17) is 4.74 Å². The number of rotatable bonds is 5. The van der Waals surface area contributed by atoms with Crippen molar-refractivity contribution in [3.8, 4) is 0 Å². The molecule has 1 aromatic rings. The van der Waals surface area contributed by atoms with Gasteiger partial charge in [0.15, 0.2) is 0 Å². The highest BCUT2D eigenvalue weighted by Gasteiger charge is 2.16. The molecule has 1 saturated heterocycles. The summed E-state index contributed by atoms with van der Waals surface area (Å²) in [6, 6.07) is 4.81. The Morgan fingerprint density at radius 3 is 2.95 bits per heavy atom. The average Bonchev–Trinajstić information content (AvgIpc) is 2.38. The number of morpholine rings is 1. The van der Waals surface area contributed by atoms with Gasteiger partial charge in [-0.2, -0.15) is 0 Å². The quantitative estimate of drug-likeness (QED) is 0.879. The summed E-state index contributed by atoms with van der Waals surface area (Å²) in [5, 5.41) is 3.40. The lowest BCUT2D eigenvalue weighted by Crippen LogP contribution is -2.40. The van der Waals surface area contributed by atoms with Crippen molar-refractivity contribution >= 4 is 0 Å². The monoisotopic (exact) mass is 263 g/mol. The fourth-order valence-electron chi connectivity index (χ4n) is 2.24. The molecule has 2 heterocycles. The van der Waals surface area contributed by atoms with Crippen LogP contribution in [0.4, 0.5) is 0 Å². The van der Waals surface area contributed by atoms with Crippen LogP contribution in [0.25, 0.3) is 0 Å². The van der Waals surface area contributed by atoms with Gasteiger partial charge in [-0.1, -0.05) is 19.9 Å². The Labute approximate surface area is 116 Å². The Hall–Kier alpha value is -0.970. The summed E-state index contributed by atoms with van der Waals surface area (Å²) in [7, 11) is 0. The van der Waals surface area contributed by atoms with E-state index in [0.29, 0.717) is 12.1 Å². The molecule has 0 radical (unpaired) electrons. The molecule has 0 aliphatic carbocycles. The normalized spacial score (nSPS) is 20.9. The van der Waals surface area contributed by atoms with Gasteiger partial charge in [-0.3, -0.25) is 9.88 Å². The minimum Gasteiger partial charge on any atom is -0.376 e. The molecule has 1 N–H and O–H groups in total. The summed E-state index contributed by atoms with van der Waals surface area (Å²) >= 11 is 0. The summed E-state index contributed by atoms with van der Waals surface area (Å²) in [6.07, 6.45) is 2.32. The van der Waals surface area contributed by atoms with E-state index in [-0.39, 0.29) is 0 Å². The Morgan fingerprint density at radius 1 is 1.47 bits per heavy atom. The summed E-state index contributed by atoms with van der Waals surface area (Å²) in [6.45, 7) is 11.1. The Balaban J connectivity index is 1.84. The predicted octanol–water partition coefficient (Wildman–Crippen LogP) is 1.80. The third-order valence-electron chi connectivity index (χ3n) is 3.31. The highest BCUT2D eigenvalue weighted by molar-refractivity contribution is 5.14. The van der Waals surface area contributed by atoms with Crippen molar-refractivity contribution in [2.75, 3.05) is 19.7 Å². The van der Waals surface area contributed by atoms with Crippen molar-refractivity contribution in [2.45, 2.75) is 46.0 Å². The van der Waals surface area contributed by atoms with E-state index < -0.39 is 0 Å². The van der Waals surface area contributed by atoms with Crippen LogP contribution < -0.4 is 5.32 Å². The second-order valence-corrected chi connectivity index (χ2v) is 5.61. The fourth-order valence-corrected chi connectivity index (χ4v) is 2.24. The minimum absolute atomic E-state index is 0.336. The third-order valence-corrected chi connectivity index (χ3v) is 3.31. The number of nitrogens with zero attached hydrogens (tertiary/aromatic N) is 2. The topological polar surface area (TPSA) is 37.4 Å². The molecule has 2 rings (SSSR count). The second-order valence-electron chi connectivity index (χ2n) is 5.61. The molecule has 106 valence electrons. The molecule has 1 aromatic heterocycles. The van der Waals surface area contributed by atoms with Crippen LogP contribution in [0.1, 0.15) is 32.0 Å². The van der Waals surface area contributed by atoms with Gasteiger partial charge in [0.25, 0.3) is 0 Å². The molecule has 1 atom stereocenters. The number of ether oxygens (including phenoxy) is 1. The maximum absolute atomic E-state index is 5.55. The first-order valence-electron chi connectivity index (χ1n) is 7.14. The van der Waals surface area contributed by atoms with Crippen LogP contribution in [-0.4, -0.2) is 41.7 Å². The predicted molar refractivity (Wildman–Crippen MR) is 76.9 cm³/mol. The number of pyridine rings is 1. The van der Waals surface area contributed by atoms with E-state index in [1.807, 2.05) is 6.20 Å². The molecule has 1 aliphatic rings. The Kier molecular flexibility index (Phi) is 5.31.